The van der Waals surface area contributed by atoms with Gasteiger partial charge in [-0.05, 0) is 78.3 Å². The first-order valence-electron chi connectivity index (χ1n) is 16.3. The molecule has 8 nitrogen and oxygen atoms in total. The Bertz CT molecular complexity index is 1770. The fourth-order valence-electron chi connectivity index (χ4n) is 5.89. The molecule has 0 saturated carbocycles. The zero-order chi connectivity index (χ0) is 34.7. The van der Waals surface area contributed by atoms with Crippen molar-refractivity contribution < 1.29 is 33.4 Å². The molecule has 0 saturated heterocycles. The number of nitrogens with zero attached hydrogens (tertiary/aromatic N) is 1. The molecule has 1 heterocycles. The maximum absolute atomic E-state index is 14.1. The molecule has 1 aliphatic rings. The number of carboxylic acids is 1. The number of nitrogens with one attached hydrogen (secondary N) is 1. The molecule has 3 amide bonds. The molecule has 0 spiro atoms. The summed E-state index contributed by atoms with van der Waals surface area (Å²) in [6.07, 6.45) is -0.236. The van der Waals surface area contributed by atoms with Crippen molar-refractivity contribution in [3.63, 3.8) is 0 Å². The molecule has 0 bridgehead atoms. The predicted molar refractivity (Wildman–Crippen MR) is 186 cm³/mol. The van der Waals surface area contributed by atoms with Gasteiger partial charge in [0.15, 0.2) is 0 Å². The van der Waals surface area contributed by atoms with Gasteiger partial charge in [-0.25, -0.2) is 4.79 Å². The number of hydrogen-bond acceptors (Lipinski definition) is 5. The third-order valence-corrected chi connectivity index (χ3v) is 8.64. The lowest BCUT2D eigenvalue weighted by molar-refractivity contribution is -0.795. The van der Waals surface area contributed by atoms with Crippen LogP contribution in [0.3, 0.4) is 0 Å². The predicted octanol–water partition coefficient (Wildman–Crippen LogP) is 8.83. The number of benzene rings is 4. The van der Waals surface area contributed by atoms with Gasteiger partial charge < -0.3 is 19.9 Å². The van der Waals surface area contributed by atoms with Gasteiger partial charge in [-0.1, -0.05) is 93.6 Å². The number of aliphatic carboxylic acids is 1. The van der Waals surface area contributed by atoms with Gasteiger partial charge in [-0.15, -0.1) is 4.48 Å². The summed E-state index contributed by atoms with van der Waals surface area (Å²) in [6.45, 7) is 11.8. The van der Waals surface area contributed by atoms with Crippen LogP contribution in [-0.2, 0) is 27.9 Å². The Morgan fingerprint density at radius 2 is 1.42 bits per heavy atom. The van der Waals surface area contributed by atoms with E-state index in [1.165, 1.54) is 5.56 Å². The number of fused-ring (bicyclic) bond motifs is 1. The molecule has 0 aliphatic carbocycles. The Hall–Kier alpha value is -4.95. The summed E-state index contributed by atoms with van der Waals surface area (Å²) in [6, 6.07) is 30.2. The van der Waals surface area contributed by atoms with E-state index in [4.69, 9.17) is 9.47 Å². The number of quaternary nitrogens is 1. The number of ether oxygens (including phenoxy) is 2. The fourth-order valence-corrected chi connectivity index (χ4v) is 5.89. The summed E-state index contributed by atoms with van der Waals surface area (Å²) in [7, 11) is 0. The topological polar surface area (TPSA) is 102 Å². The Morgan fingerprint density at radius 1 is 0.792 bits per heavy atom. The van der Waals surface area contributed by atoms with Crippen molar-refractivity contribution in [1.82, 2.24) is 5.32 Å². The van der Waals surface area contributed by atoms with Gasteiger partial charge in [0.05, 0.1) is 5.92 Å². The van der Waals surface area contributed by atoms with Crippen LogP contribution in [0.2, 0.25) is 0 Å². The highest BCUT2D eigenvalue weighted by Gasteiger charge is 2.50. The fraction of sp³-hybridized carbons (Fsp3) is 0.325. The zero-order valence-corrected chi connectivity index (χ0v) is 28.6. The molecule has 4 aromatic carbocycles. The van der Waals surface area contributed by atoms with Crippen LogP contribution in [0.1, 0.15) is 69.7 Å². The van der Waals surface area contributed by atoms with Crippen LogP contribution >= 0.6 is 0 Å². The van der Waals surface area contributed by atoms with Gasteiger partial charge >= 0.3 is 18.1 Å². The van der Waals surface area contributed by atoms with Crippen molar-refractivity contribution in [3.05, 3.63) is 119 Å². The largest absolute Gasteiger partial charge is 0.526 e. The van der Waals surface area contributed by atoms with Crippen LogP contribution in [0.5, 0.6) is 11.5 Å². The molecule has 0 aromatic heterocycles. The summed E-state index contributed by atoms with van der Waals surface area (Å²) >= 11 is 0. The first-order valence-corrected chi connectivity index (χ1v) is 16.3. The van der Waals surface area contributed by atoms with E-state index in [-0.39, 0.29) is 25.0 Å². The van der Waals surface area contributed by atoms with E-state index in [0.29, 0.717) is 23.5 Å². The van der Waals surface area contributed by atoms with Gasteiger partial charge in [0.2, 0.25) is 0 Å². The Morgan fingerprint density at radius 3 is 2.02 bits per heavy atom. The smallest absolute Gasteiger partial charge is 0.481 e. The molecule has 5 rings (SSSR count). The molecule has 0 fully saturated rings. The van der Waals surface area contributed by atoms with E-state index in [2.05, 4.69) is 26.1 Å². The molecule has 4 aromatic rings. The number of carbonyl (C=O) groups excluding carboxylic acids is 2. The molecule has 250 valence electrons. The maximum atomic E-state index is 14.1. The Kier molecular flexibility index (Phi) is 9.78. The van der Waals surface area contributed by atoms with Crippen LogP contribution in [0.4, 0.5) is 9.59 Å². The van der Waals surface area contributed by atoms with Crippen LogP contribution in [0, 0.1) is 0 Å². The van der Waals surface area contributed by atoms with E-state index in [0.717, 1.165) is 22.3 Å². The van der Waals surface area contributed by atoms with Gasteiger partial charge in [0.25, 0.3) is 0 Å². The average Bonchev–Trinajstić information content (AvgIpc) is 3.04. The standard InChI is InChI=1S/C40H44N2O6/c1-39(2,3)32-17-20-33(21-18-32)47-34-19-16-29-22-23-42(26-31(29)24-34,38(46)48-40(4,5)6)37(45)41-25-35(36(43)44)30-14-12-28(13-15-30)27-10-8-7-9-11-27/h7-21,24,35H,22-23,25-26H2,1-6H3,(H-,41,43,44,45)/p+1. The number of imide groups is 1. The molecule has 0 radical (unpaired) electrons. The first-order chi connectivity index (χ1) is 22.6. The monoisotopic (exact) mass is 649 g/mol. The van der Waals surface area contributed by atoms with E-state index in [1.807, 2.05) is 84.9 Å². The molecule has 8 heteroatoms. The Balaban J connectivity index is 1.37. The first kappa shape index (κ1) is 34.4. The summed E-state index contributed by atoms with van der Waals surface area (Å²) < 4.78 is 11.3. The molecule has 2 atom stereocenters. The second-order valence-electron chi connectivity index (χ2n) is 14.5. The van der Waals surface area contributed by atoms with Crippen molar-refractivity contribution in [2.24, 2.45) is 0 Å². The van der Waals surface area contributed by atoms with Crippen LogP contribution in [-0.4, -0.2) is 46.4 Å². The van der Waals surface area contributed by atoms with Crippen LogP contribution in [0.15, 0.2) is 97.1 Å². The third kappa shape index (κ3) is 7.94. The number of amides is 3. The van der Waals surface area contributed by atoms with Gasteiger partial charge in [-0.2, -0.15) is 4.79 Å². The minimum atomic E-state index is -1.08. The highest BCUT2D eigenvalue weighted by Crippen LogP contribution is 2.33. The number of carboxylic acid groups (broad SMARTS) is 1. The second kappa shape index (κ2) is 13.6. The van der Waals surface area contributed by atoms with Crippen LogP contribution in [0.25, 0.3) is 11.1 Å². The lowest BCUT2D eigenvalue weighted by atomic mass is 9.87. The number of carbonyl (C=O) groups is 3. The van der Waals surface area contributed by atoms with E-state index < -0.39 is 34.1 Å². The second-order valence-corrected chi connectivity index (χ2v) is 14.5. The van der Waals surface area contributed by atoms with Crippen molar-refractivity contribution in [3.8, 4) is 22.6 Å². The summed E-state index contributed by atoms with van der Waals surface area (Å²) in [5, 5.41) is 12.9. The van der Waals surface area contributed by atoms with Crippen molar-refractivity contribution >= 4 is 18.1 Å². The zero-order valence-electron chi connectivity index (χ0n) is 28.6. The molecule has 2 N–H and O–H groups in total. The van der Waals surface area contributed by atoms with Crippen LogP contribution < -0.4 is 10.1 Å². The molecule has 48 heavy (non-hydrogen) atoms. The molecule has 1 aliphatic heterocycles. The van der Waals surface area contributed by atoms with E-state index >= 15 is 0 Å². The summed E-state index contributed by atoms with van der Waals surface area (Å²) in [4.78, 5) is 40.3. The lowest BCUT2D eigenvalue weighted by Crippen LogP contribution is -2.63. The van der Waals surface area contributed by atoms with Crippen molar-refractivity contribution in [2.45, 2.75) is 71.4 Å². The van der Waals surface area contributed by atoms with Gasteiger partial charge in [0.1, 0.15) is 30.2 Å². The van der Waals surface area contributed by atoms with Gasteiger partial charge in [-0.3, -0.25) is 4.79 Å². The number of hydrogen-bond donors (Lipinski definition) is 2. The minimum absolute atomic E-state index is 0.0192. The highest BCUT2D eigenvalue weighted by molar-refractivity contribution is 5.82. The third-order valence-electron chi connectivity index (χ3n) is 8.64. The van der Waals surface area contributed by atoms with Gasteiger partial charge in [0, 0.05) is 18.5 Å². The van der Waals surface area contributed by atoms with E-state index in [1.54, 1.807) is 32.9 Å². The Labute approximate surface area is 282 Å². The molecular formula is C40H45N2O6+. The van der Waals surface area contributed by atoms with Crippen molar-refractivity contribution in [2.75, 3.05) is 13.1 Å². The van der Waals surface area contributed by atoms with Crippen molar-refractivity contribution in [1.29, 1.82) is 0 Å². The minimum Gasteiger partial charge on any atom is -0.481 e. The summed E-state index contributed by atoms with van der Waals surface area (Å²) in [5.74, 6) is -0.820. The number of urea groups is 1. The SMILES string of the molecule is CC(C)(C)OC(=O)[N+]1(C(=O)NCC(C(=O)O)c2ccc(-c3ccccc3)cc2)CCc2ccc(Oc3ccc(C(C)(C)C)cc3)cc2C1. The maximum Gasteiger partial charge on any atom is 0.526 e. The highest BCUT2D eigenvalue weighted by atomic mass is 16.6. The average molecular weight is 650 g/mol. The number of rotatable bonds is 7. The molecule has 2 unspecified atom stereocenters. The van der Waals surface area contributed by atoms with E-state index in [9.17, 15) is 19.5 Å². The summed E-state index contributed by atoms with van der Waals surface area (Å²) in [5.41, 5.74) is 4.70. The molecular weight excluding hydrogens is 604 g/mol. The normalized spacial score (nSPS) is 16.7. The quantitative estimate of drug-likeness (QED) is 0.194. The lowest BCUT2D eigenvalue weighted by Gasteiger charge is -2.37.